The first-order chi connectivity index (χ1) is 41.9. The second-order valence-corrected chi connectivity index (χ2v) is 25.9. The van der Waals surface area contributed by atoms with Gasteiger partial charge in [-0.3, -0.25) is 0 Å². The maximum absolute atomic E-state index is 11.7. The predicted molar refractivity (Wildman–Crippen MR) is 318 cm³/mol. The number of ether oxygens (including phenoxy) is 15. The van der Waals surface area contributed by atoms with E-state index in [1.54, 1.807) is 0 Å². The van der Waals surface area contributed by atoms with Crippen molar-refractivity contribution in [2.24, 2.45) is 5.92 Å². The number of aliphatic hydroxyl groups excluding tert-OH is 16. The molecule has 30 fully saturated rings. The maximum Gasteiger partial charge on any atom is 0.187 e. The maximum atomic E-state index is 11.7. The highest BCUT2D eigenvalue weighted by molar-refractivity contribution is 7.81. The molecule has 88 heavy (non-hydrogen) atoms. The van der Waals surface area contributed by atoms with E-state index in [2.05, 4.69) is 101 Å². The first-order valence-corrected chi connectivity index (χ1v) is 33.5. The van der Waals surface area contributed by atoms with Crippen molar-refractivity contribution >= 4 is 101 Å². The van der Waals surface area contributed by atoms with Crippen LogP contribution in [0.3, 0.4) is 0 Å². The molecule has 0 radical (unpaired) electrons. The van der Waals surface area contributed by atoms with Crippen molar-refractivity contribution in [3.05, 3.63) is 0 Å². The van der Waals surface area contributed by atoms with Gasteiger partial charge in [0.05, 0.1) is 54.9 Å². The molecule has 31 nitrogen and oxygen atoms in total. The predicted octanol–water partition coefficient (Wildman–Crippen LogP) is -9.24. The lowest BCUT2D eigenvalue weighted by Gasteiger charge is -2.51. The van der Waals surface area contributed by atoms with Gasteiger partial charge in [-0.15, -0.1) is 0 Å². The van der Waals surface area contributed by atoms with Gasteiger partial charge in [-0.05, 0) is 18.1 Å². The van der Waals surface area contributed by atoms with Crippen LogP contribution >= 0.6 is 101 Å². The van der Waals surface area contributed by atoms with E-state index in [0.29, 0.717) is 0 Å². The molecule has 16 bridgehead atoms. The Kier molecular flexibility index (Phi) is 26.9. The summed E-state index contributed by atoms with van der Waals surface area (Å²) < 4.78 is 90.4. The number of aliphatic hydroxyl groups is 16. The highest BCUT2D eigenvalue weighted by Gasteiger charge is 2.60. The van der Waals surface area contributed by atoms with Gasteiger partial charge < -0.3 is 153 Å². The standard InChI is InChI=1S/C49H82O31S8/c50-19-11-1-10(2-81)35(20(19)51)74-43-29(60)22(53)37(13(4-83)68-43)76-45-31(62)24(55)39(15(6-85)70-45)78-47-33(64)26(57)41(17(8-87)72-47)80-49-34(65)27(58)42(18(9-88)73-49)79-48-32(63)25(56)40(16(7-86)71-48)77-46-30(61)23(54)38(14(5-84)69-46)75-44-28(59)21(52)36(66-11)12(3-82)67-44/h10-65,81-88H,1-9H2. The molecule has 0 aromatic heterocycles. The molecule has 0 aromatic rings. The minimum absolute atomic E-state index is 0.0462. The zero-order chi connectivity index (χ0) is 64.1. The average molecular weight is 1420 g/mol. The van der Waals surface area contributed by atoms with Gasteiger partial charge in [-0.2, -0.15) is 101 Å². The lowest BCUT2D eigenvalue weighted by molar-refractivity contribution is -0.392. The molecule has 0 amide bonds. The van der Waals surface area contributed by atoms with Crippen molar-refractivity contribution in [3.63, 3.8) is 0 Å². The fourth-order valence-corrected chi connectivity index (χ4v) is 14.8. The van der Waals surface area contributed by atoms with E-state index in [1.807, 2.05) is 0 Å². The molecule has 29 heterocycles. The Morgan fingerprint density at radius 1 is 0.193 bits per heavy atom. The Labute approximate surface area is 548 Å². The normalized spacial score (nSPS) is 55.4. The first kappa shape index (κ1) is 73.8. The lowest BCUT2D eigenvalue weighted by Crippen LogP contribution is -2.68. The van der Waals surface area contributed by atoms with Gasteiger partial charge in [-0.25, -0.2) is 0 Å². The highest BCUT2D eigenvalue weighted by atomic mass is 32.1. The second-order valence-electron chi connectivity index (χ2n) is 23.0. The van der Waals surface area contributed by atoms with Crippen molar-refractivity contribution in [1.29, 1.82) is 0 Å². The van der Waals surface area contributed by atoms with Crippen LogP contribution in [-0.2, 0) is 71.1 Å². The summed E-state index contributed by atoms with van der Waals surface area (Å²) in [7, 11) is 0. The number of hydrogen-bond donors (Lipinski definition) is 24. The zero-order valence-corrected chi connectivity index (χ0v) is 53.5. The summed E-state index contributed by atoms with van der Waals surface area (Å²) >= 11 is 34.9. The fourth-order valence-electron chi connectivity index (χ4n) is 12.4. The molecule has 1 aliphatic carbocycles. The van der Waals surface area contributed by atoms with Gasteiger partial charge in [0, 0.05) is 40.3 Å². The van der Waals surface area contributed by atoms with Crippen LogP contribution in [0.5, 0.6) is 0 Å². The summed E-state index contributed by atoms with van der Waals surface area (Å²) in [5, 5.41) is 185. The van der Waals surface area contributed by atoms with Gasteiger partial charge in [0.1, 0.15) is 140 Å². The fraction of sp³-hybridized carbons (Fsp3) is 1.00. The lowest BCUT2D eigenvalue weighted by atomic mass is 9.81. The second kappa shape index (κ2) is 32.0. The Bertz CT molecular complexity index is 1730. The Morgan fingerprint density at radius 2 is 0.364 bits per heavy atom. The summed E-state index contributed by atoms with van der Waals surface area (Å²) in [6.45, 7) is 0. The zero-order valence-electron chi connectivity index (χ0n) is 46.3. The summed E-state index contributed by atoms with van der Waals surface area (Å²) in [6, 6.07) is 0. The smallest absolute Gasteiger partial charge is 0.187 e. The van der Waals surface area contributed by atoms with Crippen molar-refractivity contribution in [2.75, 3.05) is 46.0 Å². The third-order valence-corrected chi connectivity index (χ3v) is 20.4. The molecular weight excluding hydrogens is 1340 g/mol. The summed E-state index contributed by atoms with van der Waals surface area (Å²) in [4.78, 5) is 0. The van der Waals surface area contributed by atoms with Gasteiger partial charge in [0.15, 0.2) is 44.0 Å². The third kappa shape index (κ3) is 14.9. The van der Waals surface area contributed by atoms with Gasteiger partial charge in [0.25, 0.3) is 0 Å². The molecule has 29 saturated heterocycles. The van der Waals surface area contributed by atoms with E-state index >= 15 is 0 Å². The molecule has 39 heteroatoms. The Morgan fingerprint density at radius 3 is 0.545 bits per heavy atom. The summed E-state index contributed by atoms with van der Waals surface area (Å²) in [5.74, 6) is -2.61. The number of thiol groups is 8. The van der Waals surface area contributed by atoms with E-state index in [9.17, 15) is 81.7 Å². The van der Waals surface area contributed by atoms with Crippen LogP contribution in [0, 0.1) is 5.92 Å². The SMILES string of the molecule is OC1C2CC(CS)C(OC3OC(CS)C(OC4OC(CS)C(OC5OC(CS)C(OC6OC(CS)C(OC7OC(CS)C(OC8OC(CS)C(OC9OC(CS)C(O2)C(O)C9O)C(O)C8O)C(O)C7O)C(O)C6O)C(O)C5O)C(O)C4O)C(O)C3O)C1O. The molecule has 512 valence electrons. The van der Waals surface area contributed by atoms with Crippen LogP contribution in [0.25, 0.3) is 0 Å². The molecule has 29 aliphatic heterocycles. The summed E-state index contributed by atoms with van der Waals surface area (Å²) in [5.41, 5.74) is 0. The van der Waals surface area contributed by atoms with Gasteiger partial charge in [-0.1, -0.05) is 0 Å². The minimum Gasteiger partial charge on any atom is -0.388 e. The largest absolute Gasteiger partial charge is 0.388 e. The van der Waals surface area contributed by atoms with Crippen molar-refractivity contribution in [3.8, 4) is 0 Å². The first-order valence-electron chi connectivity index (χ1n) is 28.5. The average Bonchev–Trinajstić information content (AvgIpc) is 0.980. The van der Waals surface area contributed by atoms with E-state index in [4.69, 9.17) is 71.1 Å². The molecule has 16 N–H and O–H groups in total. The van der Waals surface area contributed by atoms with Gasteiger partial charge in [0.2, 0.25) is 0 Å². The molecule has 30 rings (SSSR count). The van der Waals surface area contributed by atoms with Crippen LogP contribution in [0.1, 0.15) is 6.42 Å². The Hall–Kier alpha value is 1.56. The minimum atomic E-state index is -2.02. The van der Waals surface area contributed by atoms with Crippen LogP contribution in [0.4, 0.5) is 0 Å². The highest BCUT2D eigenvalue weighted by Crippen LogP contribution is 2.41. The number of hydrogen-bond acceptors (Lipinski definition) is 39. The van der Waals surface area contributed by atoms with Crippen molar-refractivity contribution in [1.82, 2.24) is 0 Å². The quantitative estimate of drug-likeness (QED) is 0.100. The Balaban J connectivity index is 0.975. The van der Waals surface area contributed by atoms with Crippen LogP contribution in [0.15, 0.2) is 0 Å². The molecular formula is C49H82O31S8. The number of rotatable bonds is 8. The molecule has 0 spiro atoms. The van der Waals surface area contributed by atoms with E-state index in [0.717, 1.165) is 0 Å². The molecule has 0 aromatic carbocycles. The molecule has 30 aliphatic rings. The van der Waals surface area contributed by atoms with E-state index < -0.39 is 245 Å². The van der Waals surface area contributed by atoms with Crippen molar-refractivity contribution < 1.29 is 153 Å². The van der Waals surface area contributed by atoms with Crippen molar-refractivity contribution in [2.45, 2.75) is 246 Å². The molecule has 40 unspecified atom stereocenters. The molecule has 1 saturated carbocycles. The van der Waals surface area contributed by atoms with Gasteiger partial charge >= 0.3 is 0 Å². The topological polar surface area (TPSA) is 462 Å². The monoisotopic (exact) mass is 1420 g/mol. The van der Waals surface area contributed by atoms with E-state index in [-0.39, 0.29) is 52.4 Å². The summed E-state index contributed by atoms with van der Waals surface area (Å²) in [6.07, 6.45) is -66.6. The van der Waals surface area contributed by atoms with Crippen LogP contribution in [0.2, 0.25) is 0 Å². The molecule has 40 atom stereocenters. The van der Waals surface area contributed by atoms with E-state index in [1.165, 1.54) is 0 Å². The van der Waals surface area contributed by atoms with Crippen LogP contribution < -0.4 is 0 Å². The third-order valence-electron chi connectivity index (χ3n) is 17.4. The van der Waals surface area contributed by atoms with Crippen LogP contribution in [-0.4, -0.2) is 367 Å².